The molecule has 110 valence electrons. The number of carbonyl (C=O) groups is 4. The topological polar surface area (TPSA) is 102 Å². The highest BCUT2D eigenvalue weighted by Gasteiger charge is 2.41. The lowest BCUT2D eigenvalue weighted by molar-refractivity contribution is -0.142. The van der Waals surface area contributed by atoms with Gasteiger partial charge in [-0.05, 0) is 5.56 Å². The summed E-state index contributed by atoms with van der Waals surface area (Å²) in [5, 5.41) is 4.08. The molecule has 1 aliphatic heterocycles. The summed E-state index contributed by atoms with van der Waals surface area (Å²) >= 11 is 0. The van der Waals surface area contributed by atoms with Gasteiger partial charge >= 0.3 is 12.0 Å². The smallest absolute Gasteiger partial charge is 0.328 e. The van der Waals surface area contributed by atoms with E-state index in [1.807, 2.05) is 10.6 Å². The molecule has 4 amide bonds. The molecule has 0 radical (unpaired) electrons. The predicted molar refractivity (Wildman–Crippen MR) is 71.0 cm³/mol. The summed E-state index contributed by atoms with van der Waals surface area (Å²) in [7, 11) is 1.23. The Kier molecular flexibility index (Phi) is 4.32. The molecule has 7 nitrogen and oxygen atoms in total. The third-order valence-corrected chi connectivity index (χ3v) is 3.28. The van der Waals surface area contributed by atoms with Crippen molar-refractivity contribution in [3.63, 3.8) is 0 Å². The first-order valence-electron chi connectivity index (χ1n) is 6.30. The van der Waals surface area contributed by atoms with Crippen LogP contribution in [0.5, 0.6) is 0 Å². The molecule has 0 spiro atoms. The molecule has 1 fully saturated rings. The van der Waals surface area contributed by atoms with Gasteiger partial charge in [0.05, 0.1) is 13.5 Å². The molecule has 1 aromatic rings. The normalized spacial score (nSPS) is 16.9. The number of rotatable bonds is 4. The Morgan fingerprint density at radius 3 is 2.24 bits per heavy atom. The van der Waals surface area contributed by atoms with Crippen molar-refractivity contribution in [2.24, 2.45) is 5.92 Å². The van der Waals surface area contributed by atoms with Crippen molar-refractivity contribution in [1.82, 2.24) is 10.6 Å². The number of methoxy groups -OCH3 is 1. The van der Waals surface area contributed by atoms with Crippen molar-refractivity contribution in [3.8, 4) is 0 Å². The van der Waals surface area contributed by atoms with E-state index < -0.39 is 35.7 Å². The maximum absolute atomic E-state index is 12.0. The van der Waals surface area contributed by atoms with E-state index in [9.17, 15) is 19.2 Å². The van der Waals surface area contributed by atoms with Gasteiger partial charge in [0, 0.05) is 5.92 Å². The minimum absolute atomic E-state index is 0.139. The van der Waals surface area contributed by atoms with Gasteiger partial charge in [0.15, 0.2) is 0 Å². The first-order valence-corrected chi connectivity index (χ1v) is 6.30. The number of ether oxygens (including phenoxy) is 1. The number of imide groups is 2. The van der Waals surface area contributed by atoms with E-state index >= 15 is 0 Å². The maximum atomic E-state index is 12.0. The minimum atomic E-state index is -1.16. The number of nitrogens with one attached hydrogen (secondary N) is 2. The van der Waals surface area contributed by atoms with Crippen LogP contribution in [0.25, 0.3) is 0 Å². The molecule has 0 aliphatic carbocycles. The van der Waals surface area contributed by atoms with Crippen molar-refractivity contribution >= 4 is 23.8 Å². The number of carbonyl (C=O) groups excluding carboxylic acids is 4. The molecular formula is C14H14N2O5. The lowest BCUT2D eigenvalue weighted by Crippen LogP contribution is -2.57. The van der Waals surface area contributed by atoms with Crippen LogP contribution in [0.4, 0.5) is 4.79 Å². The van der Waals surface area contributed by atoms with Crippen LogP contribution in [-0.4, -0.2) is 30.9 Å². The SMILES string of the molecule is COC(=O)CC(c1ccccc1)C1C(=O)NC(=O)NC1=O. The van der Waals surface area contributed by atoms with Crippen molar-refractivity contribution in [3.05, 3.63) is 35.9 Å². The molecule has 2 N–H and O–H groups in total. The van der Waals surface area contributed by atoms with Gasteiger partial charge in [-0.15, -0.1) is 0 Å². The largest absolute Gasteiger partial charge is 0.469 e. The van der Waals surface area contributed by atoms with Gasteiger partial charge in [-0.2, -0.15) is 0 Å². The van der Waals surface area contributed by atoms with E-state index in [0.29, 0.717) is 5.56 Å². The van der Waals surface area contributed by atoms with Crippen molar-refractivity contribution < 1.29 is 23.9 Å². The van der Waals surface area contributed by atoms with Gasteiger partial charge in [-0.1, -0.05) is 30.3 Å². The molecule has 0 aromatic heterocycles. The fraction of sp³-hybridized carbons (Fsp3) is 0.286. The van der Waals surface area contributed by atoms with E-state index in [1.165, 1.54) is 7.11 Å². The molecular weight excluding hydrogens is 276 g/mol. The van der Waals surface area contributed by atoms with Crippen LogP contribution in [0.2, 0.25) is 0 Å². The predicted octanol–water partition coefficient (Wildman–Crippen LogP) is 0.315. The molecule has 1 aliphatic rings. The third kappa shape index (κ3) is 3.25. The van der Waals surface area contributed by atoms with Crippen LogP contribution in [0.3, 0.4) is 0 Å². The van der Waals surface area contributed by atoms with Crippen LogP contribution in [0.15, 0.2) is 30.3 Å². The molecule has 1 saturated heterocycles. The fourth-order valence-electron chi connectivity index (χ4n) is 2.29. The highest BCUT2D eigenvalue weighted by Crippen LogP contribution is 2.30. The molecule has 1 atom stereocenters. The summed E-state index contributed by atoms with van der Waals surface area (Å²) in [6.45, 7) is 0. The van der Waals surface area contributed by atoms with Crippen LogP contribution >= 0.6 is 0 Å². The summed E-state index contributed by atoms with van der Waals surface area (Å²) in [6.07, 6.45) is -0.139. The second-order valence-corrected chi connectivity index (χ2v) is 4.58. The zero-order chi connectivity index (χ0) is 15.4. The maximum Gasteiger partial charge on any atom is 0.328 e. The van der Waals surface area contributed by atoms with Gasteiger partial charge in [-0.25, -0.2) is 4.79 Å². The number of amides is 4. The van der Waals surface area contributed by atoms with Crippen LogP contribution in [0.1, 0.15) is 17.9 Å². The minimum Gasteiger partial charge on any atom is -0.469 e. The van der Waals surface area contributed by atoms with Crippen molar-refractivity contribution in [2.45, 2.75) is 12.3 Å². The number of urea groups is 1. The van der Waals surface area contributed by atoms with E-state index in [4.69, 9.17) is 0 Å². The first kappa shape index (κ1) is 14.7. The van der Waals surface area contributed by atoms with E-state index in [1.54, 1.807) is 30.3 Å². The highest BCUT2D eigenvalue weighted by atomic mass is 16.5. The molecule has 1 unspecified atom stereocenters. The Morgan fingerprint density at radius 1 is 1.14 bits per heavy atom. The molecule has 1 aromatic carbocycles. The summed E-state index contributed by atoms with van der Waals surface area (Å²) < 4.78 is 4.62. The van der Waals surface area contributed by atoms with E-state index in [2.05, 4.69) is 4.74 Å². The Hall–Kier alpha value is -2.70. The Bertz CT molecular complexity index is 564. The van der Waals surface area contributed by atoms with Crippen molar-refractivity contribution in [2.75, 3.05) is 7.11 Å². The zero-order valence-electron chi connectivity index (χ0n) is 11.3. The lowest BCUT2D eigenvalue weighted by Gasteiger charge is -2.27. The van der Waals surface area contributed by atoms with E-state index in [0.717, 1.165) is 0 Å². The molecule has 21 heavy (non-hydrogen) atoms. The Balaban J connectivity index is 2.35. The molecule has 1 heterocycles. The monoisotopic (exact) mass is 290 g/mol. The van der Waals surface area contributed by atoms with E-state index in [-0.39, 0.29) is 6.42 Å². The quantitative estimate of drug-likeness (QED) is 0.614. The molecule has 7 heteroatoms. The van der Waals surface area contributed by atoms with Gasteiger partial charge in [0.2, 0.25) is 11.8 Å². The zero-order valence-corrected chi connectivity index (χ0v) is 11.3. The van der Waals surface area contributed by atoms with Gasteiger partial charge < -0.3 is 4.74 Å². The number of esters is 1. The van der Waals surface area contributed by atoms with Crippen molar-refractivity contribution in [1.29, 1.82) is 0 Å². The fourth-order valence-corrected chi connectivity index (χ4v) is 2.29. The Morgan fingerprint density at radius 2 is 1.71 bits per heavy atom. The second-order valence-electron chi connectivity index (χ2n) is 4.58. The first-order chi connectivity index (χ1) is 10.0. The van der Waals surface area contributed by atoms with Crippen LogP contribution in [-0.2, 0) is 19.1 Å². The average molecular weight is 290 g/mol. The number of benzene rings is 1. The lowest BCUT2D eigenvalue weighted by atomic mass is 9.81. The van der Waals surface area contributed by atoms with Gasteiger partial charge in [-0.3, -0.25) is 25.0 Å². The van der Waals surface area contributed by atoms with Gasteiger partial charge in [0.25, 0.3) is 0 Å². The standard InChI is InChI=1S/C14H14N2O5/c1-21-10(17)7-9(8-5-3-2-4-6-8)11-12(18)15-14(20)16-13(11)19/h2-6,9,11H,7H2,1H3,(H2,15,16,18,19,20). The average Bonchev–Trinajstić information content (AvgIpc) is 2.46. The van der Waals surface area contributed by atoms with Crippen LogP contribution < -0.4 is 10.6 Å². The summed E-state index contributed by atoms with van der Waals surface area (Å²) in [6, 6.07) is 7.83. The number of hydrogen-bond acceptors (Lipinski definition) is 5. The molecule has 0 saturated carbocycles. The van der Waals surface area contributed by atoms with Gasteiger partial charge in [0.1, 0.15) is 5.92 Å². The Labute approximate surface area is 120 Å². The van der Waals surface area contributed by atoms with Crippen LogP contribution in [0, 0.1) is 5.92 Å². The highest BCUT2D eigenvalue weighted by molar-refractivity contribution is 6.16. The second kappa shape index (κ2) is 6.17. The molecule has 2 rings (SSSR count). The summed E-state index contributed by atoms with van der Waals surface area (Å²) in [5.74, 6) is -3.85. The third-order valence-electron chi connectivity index (χ3n) is 3.28. The molecule has 0 bridgehead atoms. The summed E-state index contributed by atoms with van der Waals surface area (Å²) in [5.41, 5.74) is 0.646. The summed E-state index contributed by atoms with van der Waals surface area (Å²) in [4.78, 5) is 46.6. The number of barbiturate groups is 1. The number of hydrogen-bond donors (Lipinski definition) is 2.